The van der Waals surface area contributed by atoms with Crippen molar-refractivity contribution in [2.45, 2.75) is 70.9 Å². The van der Waals surface area contributed by atoms with Crippen LogP contribution in [0.5, 0.6) is 0 Å². The van der Waals surface area contributed by atoms with Gasteiger partial charge in [-0.3, -0.25) is 0 Å². The molecule has 2 nitrogen and oxygen atoms in total. The zero-order chi connectivity index (χ0) is 11.1. The van der Waals surface area contributed by atoms with Crippen molar-refractivity contribution in [3.63, 3.8) is 0 Å². The molecular formula is C13H27NO. The second kappa shape index (κ2) is 7.24. The van der Waals surface area contributed by atoms with E-state index in [1.165, 1.54) is 38.5 Å². The molecule has 0 amide bonds. The van der Waals surface area contributed by atoms with Gasteiger partial charge in [-0.05, 0) is 51.5 Å². The average molecular weight is 213 g/mol. The van der Waals surface area contributed by atoms with E-state index < -0.39 is 0 Å². The van der Waals surface area contributed by atoms with Gasteiger partial charge in [-0.15, -0.1) is 0 Å². The molecule has 1 aliphatic carbocycles. The molecule has 1 fully saturated rings. The average Bonchev–Trinajstić information content (AvgIpc) is 2.26. The Labute approximate surface area is 94.5 Å². The van der Waals surface area contributed by atoms with Gasteiger partial charge in [0.25, 0.3) is 0 Å². The van der Waals surface area contributed by atoms with Crippen molar-refractivity contribution < 1.29 is 5.11 Å². The van der Waals surface area contributed by atoms with Crippen LogP contribution in [0.15, 0.2) is 0 Å². The Morgan fingerprint density at radius 2 is 2.07 bits per heavy atom. The van der Waals surface area contributed by atoms with Crippen LogP contribution >= 0.6 is 0 Å². The van der Waals surface area contributed by atoms with Gasteiger partial charge >= 0.3 is 0 Å². The molecule has 90 valence electrons. The van der Waals surface area contributed by atoms with Crippen molar-refractivity contribution in [2.24, 2.45) is 5.92 Å². The van der Waals surface area contributed by atoms with Crippen LogP contribution in [0.4, 0.5) is 0 Å². The van der Waals surface area contributed by atoms with Crippen molar-refractivity contribution >= 4 is 0 Å². The molecular weight excluding hydrogens is 186 g/mol. The highest BCUT2D eigenvalue weighted by Crippen LogP contribution is 2.27. The molecule has 1 aliphatic rings. The molecule has 0 bridgehead atoms. The molecule has 3 atom stereocenters. The molecule has 15 heavy (non-hydrogen) atoms. The smallest absolute Gasteiger partial charge is 0.0568 e. The molecule has 0 radical (unpaired) electrons. The summed E-state index contributed by atoms with van der Waals surface area (Å²) in [4.78, 5) is 0. The maximum absolute atomic E-state index is 9.80. The van der Waals surface area contributed by atoms with Gasteiger partial charge < -0.3 is 10.4 Å². The van der Waals surface area contributed by atoms with E-state index in [1.54, 1.807) is 0 Å². The Hall–Kier alpha value is -0.0800. The molecule has 3 unspecified atom stereocenters. The second-order valence-electron chi connectivity index (χ2n) is 5.02. The molecule has 0 aromatic carbocycles. The van der Waals surface area contributed by atoms with Gasteiger partial charge in [-0.2, -0.15) is 0 Å². The monoisotopic (exact) mass is 213 g/mol. The van der Waals surface area contributed by atoms with Crippen molar-refractivity contribution in [1.82, 2.24) is 5.32 Å². The van der Waals surface area contributed by atoms with Crippen LogP contribution in [0.1, 0.15) is 58.8 Å². The topological polar surface area (TPSA) is 32.3 Å². The van der Waals surface area contributed by atoms with Gasteiger partial charge in [-0.25, -0.2) is 0 Å². The lowest BCUT2D eigenvalue weighted by Crippen LogP contribution is -2.28. The SMILES string of the molecule is CCC(C)NCCCC1CCCCC1O. The van der Waals surface area contributed by atoms with Crippen LogP contribution in [0, 0.1) is 5.92 Å². The Bertz CT molecular complexity index is 161. The molecule has 0 heterocycles. The number of hydrogen-bond donors (Lipinski definition) is 2. The maximum atomic E-state index is 9.80. The zero-order valence-electron chi connectivity index (χ0n) is 10.3. The molecule has 0 aromatic rings. The first-order valence-electron chi connectivity index (χ1n) is 6.65. The Morgan fingerprint density at radius 1 is 1.33 bits per heavy atom. The van der Waals surface area contributed by atoms with E-state index in [2.05, 4.69) is 19.2 Å². The Morgan fingerprint density at radius 3 is 2.73 bits per heavy atom. The first-order valence-corrected chi connectivity index (χ1v) is 6.65. The zero-order valence-corrected chi connectivity index (χ0v) is 10.3. The lowest BCUT2D eigenvalue weighted by molar-refractivity contribution is 0.0642. The van der Waals surface area contributed by atoms with E-state index >= 15 is 0 Å². The van der Waals surface area contributed by atoms with Crippen LogP contribution in [0.25, 0.3) is 0 Å². The second-order valence-corrected chi connectivity index (χ2v) is 5.02. The van der Waals surface area contributed by atoms with Gasteiger partial charge in [0, 0.05) is 6.04 Å². The molecule has 1 rings (SSSR count). The van der Waals surface area contributed by atoms with Gasteiger partial charge in [0.2, 0.25) is 0 Å². The van der Waals surface area contributed by atoms with E-state index in [4.69, 9.17) is 0 Å². The van der Waals surface area contributed by atoms with Gasteiger partial charge in [0.05, 0.1) is 6.10 Å². The fourth-order valence-electron chi connectivity index (χ4n) is 2.38. The highest BCUT2D eigenvalue weighted by atomic mass is 16.3. The number of hydrogen-bond acceptors (Lipinski definition) is 2. The summed E-state index contributed by atoms with van der Waals surface area (Å²) >= 11 is 0. The van der Waals surface area contributed by atoms with Gasteiger partial charge in [-0.1, -0.05) is 19.8 Å². The highest BCUT2D eigenvalue weighted by molar-refractivity contribution is 4.74. The predicted molar refractivity (Wildman–Crippen MR) is 65.0 cm³/mol. The summed E-state index contributed by atoms with van der Waals surface area (Å²) in [5.74, 6) is 0.581. The number of aliphatic hydroxyl groups is 1. The van der Waals surface area contributed by atoms with E-state index in [1.807, 2.05) is 0 Å². The summed E-state index contributed by atoms with van der Waals surface area (Å²) in [6.45, 7) is 5.55. The van der Waals surface area contributed by atoms with Crippen LogP contribution in [-0.2, 0) is 0 Å². The maximum Gasteiger partial charge on any atom is 0.0568 e. The summed E-state index contributed by atoms with van der Waals surface area (Å²) in [5, 5.41) is 13.3. The molecule has 0 aromatic heterocycles. The molecule has 0 saturated heterocycles. The summed E-state index contributed by atoms with van der Waals surface area (Å²) in [7, 11) is 0. The summed E-state index contributed by atoms with van der Waals surface area (Å²) in [6.07, 6.45) is 8.42. The number of nitrogens with one attached hydrogen (secondary N) is 1. The minimum atomic E-state index is -0.0117. The normalized spacial score (nSPS) is 29.0. The van der Waals surface area contributed by atoms with E-state index in [0.717, 1.165) is 13.0 Å². The van der Waals surface area contributed by atoms with Crippen molar-refractivity contribution in [1.29, 1.82) is 0 Å². The largest absolute Gasteiger partial charge is 0.393 e. The third kappa shape index (κ3) is 4.98. The molecule has 0 spiro atoms. The van der Waals surface area contributed by atoms with E-state index in [0.29, 0.717) is 12.0 Å². The van der Waals surface area contributed by atoms with Crippen LogP contribution < -0.4 is 5.32 Å². The standard InChI is InChI=1S/C13H27NO/c1-3-11(2)14-10-6-8-12-7-4-5-9-13(12)15/h11-15H,3-10H2,1-2H3. The quantitative estimate of drug-likeness (QED) is 0.665. The van der Waals surface area contributed by atoms with E-state index in [-0.39, 0.29) is 6.10 Å². The third-order valence-corrected chi connectivity index (χ3v) is 3.73. The molecule has 1 saturated carbocycles. The van der Waals surface area contributed by atoms with Crippen LogP contribution in [0.2, 0.25) is 0 Å². The minimum Gasteiger partial charge on any atom is -0.393 e. The van der Waals surface area contributed by atoms with Crippen molar-refractivity contribution in [3.05, 3.63) is 0 Å². The first kappa shape index (κ1) is 13.0. The van der Waals surface area contributed by atoms with E-state index in [9.17, 15) is 5.11 Å². The van der Waals surface area contributed by atoms with Gasteiger partial charge in [0.1, 0.15) is 0 Å². The number of aliphatic hydroxyl groups excluding tert-OH is 1. The first-order chi connectivity index (χ1) is 7.24. The molecule has 2 heteroatoms. The summed E-state index contributed by atoms with van der Waals surface area (Å²) in [5.41, 5.74) is 0. The lowest BCUT2D eigenvalue weighted by atomic mass is 9.83. The highest BCUT2D eigenvalue weighted by Gasteiger charge is 2.22. The van der Waals surface area contributed by atoms with Crippen molar-refractivity contribution in [2.75, 3.05) is 6.54 Å². The Kier molecular flexibility index (Phi) is 6.26. The van der Waals surface area contributed by atoms with Gasteiger partial charge in [0.15, 0.2) is 0 Å². The third-order valence-electron chi connectivity index (χ3n) is 3.73. The minimum absolute atomic E-state index is 0.0117. The van der Waals surface area contributed by atoms with Crippen LogP contribution in [0.3, 0.4) is 0 Å². The van der Waals surface area contributed by atoms with Crippen molar-refractivity contribution in [3.8, 4) is 0 Å². The fourth-order valence-corrected chi connectivity index (χ4v) is 2.38. The lowest BCUT2D eigenvalue weighted by Gasteiger charge is -2.27. The summed E-state index contributed by atoms with van der Waals surface area (Å²) in [6, 6.07) is 0.640. The number of rotatable bonds is 6. The predicted octanol–water partition coefficient (Wildman–Crippen LogP) is 2.71. The summed E-state index contributed by atoms with van der Waals surface area (Å²) < 4.78 is 0. The fraction of sp³-hybridized carbons (Fsp3) is 1.00. The molecule has 2 N–H and O–H groups in total. The molecule has 0 aliphatic heterocycles. The van der Waals surface area contributed by atoms with Crippen LogP contribution in [-0.4, -0.2) is 23.8 Å². The Balaban J connectivity index is 2.03.